The first kappa shape index (κ1) is 24.4. The van der Waals surface area contributed by atoms with Gasteiger partial charge < -0.3 is 10.6 Å². The molecule has 1 aliphatic carbocycles. The molecule has 6 heteroatoms. The molecule has 1 aliphatic heterocycles. The molecule has 0 spiro atoms. The van der Waals surface area contributed by atoms with E-state index >= 15 is 0 Å². The molecule has 1 aromatic carbocycles. The topological polar surface area (TPSA) is 74.3 Å². The van der Waals surface area contributed by atoms with Crippen molar-refractivity contribution in [3.05, 3.63) is 59.9 Å². The predicted octanol–water partition coefficient (Wildman–Crippen LogP) is 4.65. The molecule has 1 saturated heterocycles. The number of benzene rings is 1. The average Bonchev–Trinajstić information content (AvgIpc) is 3.38. The van der Waals surface area contributed by atoms with Gasteiger partial charge in [0.2, 0.25) is 11.8 Å². The van der Waals surface area contributed by atoms with E-state index in [0.29, 0.717) is 0 Å². The summed E-state index contributed by atoms with van der Waals surface area (Å²) in [6.45, 7) is 7.33. The molecule has 4 rings (SSSR count). The third kappa shape index (κ3) is 5.66. The van der Waals surface area contributed by atoms with Crippen molar-refractivity contribution in [2.24, 2.45) is 0 Å². The van der Waals surface area contributed by atoms with Gasteiger partial charge in [0.1, 0.15) is 6.04 Å². The third-order valence-corrected chi connectivity index (χ3v) is 7.07. The molecular formula is C28H38N4O2. The van der Waals surface area contributed by atoms with Crippen LogP contribution >= 0.6 is 0 Å². The quantitative estimate of drug-likeness (QED) is 0.655. The lowest BCUT2D eigenvalue weighted by molar-refractivity contribution is -0.128. The number of aromatic nitrogens is 1. The number of pyridine rings is 1. The van der Waals surface area contributed by atoms with Gasteiger partial charge >= 0.3 is 0 Å². The van der Waals surface area contributed by atoms with Gasteiger partial charge in [-0.05, 0) is 61.4 Å². The molecule has 2 N–H and O–H groups in total. The molecule has 1 unspecified atom stereocenters. The highest BCUT2D eigenvalue weighted by Crippen LogP contribution is 2.32. The summed E-state index contributed by atoms with van der Waals surface area (Å²) >= 11 is 0. The lowest BCUT2D eigenvalue weighted by Gasteiger charge is -2.35. The Morgan fingerprint density at radius 3 is 2.35 bits per heavy atom. The molecule has 2 amide bonds. The Morgan fingerprint density at radius 1 is 1.03 bits per heavy atom. The van der Waals surface area contributed by atoms with E-state index in [1.807, 2.05) is 24.3 Å². The highest BCUT2D eigenvalue weighted by Gasteiger charge is 2.38. The van der Waals surface area contributed by atoms with Crippen LogP contribution < -0.4 is 15.5 Å². The molecule has 6 nitrogen and oxygen atoms in total. The van der Waals surface area contributed by atoms with Crippen LogP contribution in [0.1, 0.15) is 82.9 Å². The maximum atomic E-state index is 13.9. The number of carbonyl (C=O) groups is 2. The maximum absolute atomic E-state index is 13.9. The highest BCUT2D eigenvalue weighted by atomic mass is 16.2. The van der Waals surface area contributed by atoms with Crippen molar-refractivity contribution < 1.29 is 9.59 Å². The summed E-state index contributed by atoms with van der Waals surface area (Å²) in [5, 5.41) is 6.60. The molecule has 182 valence electrons. The zero-order valence-corrected chi connectivity index (χ0v) is 20.7. The predicted molar refractivity (Wildman–Crippen MR) is 136 cm³/mol. The molecule has 2 aromatic rings. The van der Waals surface area contributed by atoms with Crippen LogP contribution in [-0.4, -0.2) is 35.4 Å². The minimum atomic E-state index is -0.772. The van der Waals surface area contributed by atoms with E-state index in [9.17, 15) is 9.59 Å². The second-order valence-electron chi connectivity index (χ2n) is 10.7. The van der Waals surface area contributed by atoms with Gasteiger partial charge in [-0.25, -0.2) is 0 Å². The van der Waals surface area contributed by atoms with Crippen molar-refractivity contribution >= 4 is 17.5 Å². The second-order valence-corrected chi connectivity index (χ2v) is 10.7. The van der Waals surface area contributed by atoms with Crippen molar-refractivity contribution in [1.82, 2.24) is 15.6 Å². The number of nitrogens with one attached hydrogen (secondary N) is 2. The number of nitrogens with zero attached hydrogens (tertiary/aromatic N) is 2. The molecule has 34 heavy (non-hydrogen) atoms. The zero-order chi connectivity index (χ0) is 24.1. The lowest BCUT2D eigenvalue weighted by atomic mass is 9.87. The van der Waals surface area contributed by atoms with E-state index < -0.39 is 6.04 Å². The average molecular weight is 463 g/mol. The van der Waals surface area contributed by atoms with Crippen molar-refractivity contribution in [3.8, 4) is 0 Å². The smallest absolute Gasteiger partial charge is 0.248 e. The summed E-state index contributed by atoms with van der Waals surface area (Å²) in [7, 11) is 0. The number of hydrogen-bond acceptors (Lipinski definition) is 4. The van der Waals surface area contributed by atoms with Gasteiger partial charge in [-0.3, -0.25) is 19.5 Å². The minimum absolute atomic E-state index is 0.00147. The minimum Gasteiger partial charge on any atom is -0.351 e. The van der Waals surface area contributed by atoms with Gasteiger partial charge in [0.15, 0.2) is 0 Å². The van der Waals surface area contributed by atoms with Crippen molar-refractivity contribution in [3.63, 3.8) is 0 Å². The molecule has 2 heterocycles. The van der Waals surface area contributed by atoms with Crippen LogP contribution in [0.15, 0.2) is 48.8 Å². The van der Waals surface area contributed by atoms with E-state index in [2.05, 4.69) is 48.5 Å². The first-order chi connectivity index (χ1) is 16.3. The van der Waals surface area contributed by atoms with E-state index in [-0.39, 0.29) is 29.3 Å². The van der Waals surface area contributed by atoms with Crippen LogP contribution in [0.2, 0.25) is 0 Å². The van der Waals surface area contributed by atoms with Crippen molar-refractivity contribution in [2.75, 3.05) is 11.4 Å². The summed E-state index contributed by atoms with van der Waals surface area (Å²) in [4.78, 5) is 33.7. The Labute approximate surface area is 203 Å². The molecule has 0 bridgehead atoms. The molecule has 0 radical (unpaired) electrons. The summed E-state index contributed by atoms with van der Waals surface area (Å²) < 4.78 is 0. The fraction of sp³-hybridized carbons (Fsp3) is 0.536. The van der Waals surface area contributed by atoms with Gasteiger partial charge in [-0.15, -0.1) is 0 Å². The van der Waals surface area contributed by atoms with Crippen LogP contribution in [0.25, 0.3) is 0 Å². The first-order valence-electron chi connectivity index (χ1n) is 12.7. The molecular weight excluding hydrogens is 424 g/mol. The standard InChI is InChI=1S/C28H38N4O2/c1-28(2,3)21-13-15-23(16-14-21)32(27(34)24-12-8-18-30-24)25(20-9-7-17-29-19-20)26(33)31-22-10-5-4-6-11-22/h7,9,13-17,19,22,24-25,30H,4-6,8,10-12,18H2,1-3H3,(H,31,33)/t24-,25?/m0/s1. The highest BCUT2D eigenvalue weighted by molar-refractivity contribution is 6.03. The van der Waals surface area contributed by atoms with Gasteiger partial charge in [0.25, 0.3) is 0 Å². The molecule has 2 fully saturated rings. The van der Waals surface area contributed by atoms with E-state index in [4.69, 9.17) is 0 Å². The van der Waals surface area contributed by atoms with Crippen LogP contribution in [0.3, 0.4) is 0 Å². The molecule has 1 saturated carbocycles. The summed E-state index contributed by atoms with van der Waals surface area (Å²) in [5.41, 5.74) is 2.65. The van der Waals surface area contributed by atoms with Gasteiger partial charge in [0, 0.05) is 29.7 Å². The molecule has 1 aromatic heterocycles. The zero-order valence-electron chi connectivity index (χ0n) is 20.7. The van der Waals surface area contributed by atoms with Gasteiger partial charge in [-0.2, -0.15) is 0 Å². The first-order valence-corrected chi connectivity index (χ1v) is 12.7. The van der Waals surface area contributed by atoms with Crippen molar-refractivity contribution in [2.45, 2.75) is 89.3 Å². The number of amides is 2. The fourth-order valence-corrected chi connectivity index (χ4v) is 5.07. The second kappa shape index (κ2) is 10.7. The fourth-order valence-electron chi connectivity index (χ4n) is 5.07. The van der Waals surface area contributed by atoms with Crippen LogP contribution in [-0.2, 0) is 15.0 Å². The Hall–Kier alpha value is -2.73. The van der Waals surface area contributed by atoms with Crippen molar-refractivity contribution in [1.29, 1.82) is 0 Å². The van der Waals surface area contributed by atoms with Gasteiger partial charge in [-0.1, -0.05) is 58.2 Å². The molecule has 2 atom stereocenters. The lowest BCUT2D eigenvalue weighted by Crippen LogP contribution is -2.51. The number of rotatable bonds is 6. The number of carbonyl (C=O) groups excluding carboxylic acids is 2. The SMILES string of the molecule is CC(C)(C)c1ccc(N(C(=O)[C@@H]2CCCN2)C(C(=O)NC2CCCCC2)c2cccnc2)cc1. The van der Waals surface area contributed by atoms with Crippen LogP contribution in [0.4, 0.5) is 5.69 Å². The summed E-state index contributed by atoms with van der Waals surface area (Å²) in [5.74, 6) is -0.195. The Morgan fingerprint density at radius 2 is 1.76 bits per heavy atom. The maximum Gasteiger partial charge on any atom is 0.248 e. The normalized spacial score (nSPS) is 20.0. The monoisotopic (exact) mass is 462 g/mol. The van der Waals surface area contributed by atoms with Crippen LogP contribution in [0.5, 0.6) is 0 Å². The Bertz CT molecular complexity index is 956. The summed E-state index contributed by atoms with van der Waals surface area (Å²) in [6.07, 6.45) is 10.6. The number of anilines is 1. The van der Waals surface area contributed by atoms with E-state index in [0.717, 1.165) is 56.3 Å². The number of hydrogen-bond donors (Lipinski definition) is 2. The van der Waals surface area contributed by atoms with E-state index in [1.165, 1.54) is 12.0 Å². The Balaban J connectivity index is 1.73. The van der Waals surface area contributed by atoms with Crippen LogP contribution in [0, 0.1) is 0 Å². The molecule has 2 aliphatic rings. The Kier molecular flexibility index (Phi) is 7.67. The third-order valence-electron chi connectivity index (χ3n) is 7.07. The summed E-state index contributed by atoms with van der Waals surface area (Å²) in [6, 6.07) is 10.9. The van der Waals surface area contributed by atoms with Gasteiger partial charge in [0.05, 0.1) is 6.04 Å². The largest absolute Gasteiger partial charge is 0.351 e. The van der Waals surface area contributed by atoms with E-state index in [1.54, 1.807) is 17.3 Å².